The minimum atomic E-state index is -3.42. The van der Waals surface area contributed by atoms with Crippen molar-refractivity contribution in [3.63, 3.8) is 0 Å². The van der Waals surface area contributed by atoms with Gasteiger partial charge < -0.3 is 5.73 Å². The van der Waals surface area contributed by atoms with Gasteiger partial charge in [-0.1, -0.05) is 11.6 Å². The zero-order valence-corrected chi connectivity index (χ0v) is 9.14. The summed E-state index contributed by atoms with van der Waals surface area (Å²) >= 11 is 5.63. The minimum absolute atomic E-state index is 0.187. The molecule has 5 heteroatoms. The number of allylic oxidation sites excluding steroid dienone is 1. The van der Waals surface area contributed by atoms with E-state index >= 15 is 0 Å². The first-order valence-electron chi connectivity index (χ1n) is 3.86. The van der Waals surface area contributed by atoms with Gasteiger partial charge in [0.1, 0.15) is 0 Å². The van der Waals surface area contributed by atoms with Crippen molar-refractivity contribution in [1.29, 1.82) is 0 Å². The van der Waals surface area contributed by atoms with Crippen molar-refractivity contribution in [3.8, 4) is 0 Å². The van der Waals surface area contributed by atoms with Gasteiger partial charge in [0.2, 0.25) is 9.84 Å². The lowest BCUT2D eigenvalue weighted by molar-refractivity contribution is 0.604. The van der Waals surface area contributed by atoms with E-state index in [0.717, 1.165) is 5.41 Å². The Morgan fingerprint density at radius 1 is 1.36 bits per heavy atom. The maximum Gasteiger partial charge on any atom is 0.201 e. The van der Waals surface area contributed by atoms with Gasteiger partial charge in [-0.05, 0) is 31.2 Å². The number of rotatable bonds is 2. The summed E-state index contributed by atoms with van der Waals surface area (Å²) in [6, 6.07) is 5.93. The van der Waals surface area contributed by atoms with E-state index in [4.69, 9.17) is 17.3 Å². The van der Waals surface area contributed by atoms with Crippen molar-refractivity contribution in [1.82, 2.24) is 0 Å². The van der Waals surface area contributed by atoms with E-state index < -0.39 is 9.84 Å². The summed E-state index contributed by atoms with van der Waals surface area (Å²) < 4.78 is 23.1. The zero-order chi connectivity index (χ0) is 10.8. The van der Waals surface area contributed by atoms with Gasteiger partial charge in [0.15, 0.2) is 0 Å². The molecular weight excluding hydrogens is 222 g/mol. The third-order valence-corrected chi connectivity index (χ3v) is 3.35. The summed E-state index contributed by atoms with van der Waals surface area (Å²) in [4.78, 5) is 0.187. The molecule has 0 aliphatic heterocycles. The quantitative estimate of drug-likeness (QED) is 0.846. The number of benzene rings is 1. The molecule has 0 fully saturated rings. The fourth-order valence-corrected chi connectivity index (χ4v) is 2.20. The molecule has 0 bridgehead atoms. The summed E-state index contributed by atoms with van der Waals surface area (Å²) in [6.45, 7) is 1.52. The van der Waals surface area contributed by atoms with E-state index in [1.807, 2.05) is 0 Å². The molecule has 0 heterocycles. The molecule has 0 atom stereocenters. The summed E-state index contributed by atoms with van der Waals surface area (Å²) in [6.07, 6.45) is 0. The highest BCUT2D eigenvalue weighted by Gasteiger charge is 2.10. The first-order chi connectivity index (χ1) is 6.42. The van der Waals surface area contributed by atoms with Crippen LogP contribution in [0, 0.1) is 0 Å². The molecular formula is C9H10ClNO2S. The molecule has 0 saturated carbocycles. The molecule has 0 radical (unpaired) electrons. The molecule has 76 valence electrons. The van der Waals surface area contributed by atoms with Gasteiger partial charge in [0.25, 0.3) is 0 Å². The largest absolute Gasteiger partial charge is 0.402 e. The summed E-state index contributed by atoms with van der Waals surface area (Å²) in [7, 11) is -3.42. The Balaban J connectivity index is 3.18. The van der Waals surface area contributed by atoms with Crippen LogP contribution in [0.4, 0.5) is 0 Å². The highest BCUT2D eigenvalue weighted by molar-refractivity contribution is 7.94. The Kier molecular flexibility index (Phi) is 3.18. The maximum absolute atomic E-state index is 11.6. The third kappa shape index (κ3) is 2.75. The van der Waals surface area contributed by atoms with Crippen molar-refractivity contribution in [3.05, 3.63) is 40.4 Å². The monoisotopic (exact) mass is 231 g/mol. The number of nitrogens with two attached hydrogens (primary N) is 1. The molecule has 2 N–H and O–H groups in total. The van der Waals surface area contributed by atoms with Crippen LogP contribution in [-0.2, 0) is 9.84 Å². The Hall–Kier alpha value is -1.00. The summed E-state index contributed by atoms with van der Waals surface area (Å²) in [5, 5.41) is 1.52. The lowest BCUT2D eigenvalue weighted by Crippen LogP contribution is -2.00. The normalized spacial score (nSPS) is 12.9. The van der Waals surface area contributed by atoms with Crippen LogP contribution < -0.4 is 5.73 Å². The Morgan fingerprint density at radius 3 is 2.29 bits per heavy atom. The molecule has 0 saturated heterocycles. The van der Waals surface area contributed by atoms with Crippen LogP contribution >= 0.6 is 11.6 Å². The summed E-state index contributed by atoms with van der Waals surface area (Å²) in [5.74, 6) is 0. The van der Waals surface area contributed by atoms with Crippen LogP contribution in [0.2, 0.25) is 5.02 Å². The lowest BCUT2D eigenvalue weighted by atomic mass is 10.4. The van der Waals surface area contributed by atoms with E-state index in [-0.39, 0.29) is 10.6 Å². The molecule has 0 aliphatic carbocycles. The second-order valence-electron chi connectivity index (χ2n) is 2.86. The van der Waals surface area contributed by atoms with Crippen LogP contribution in [0.5, 0.6) is 0 Å². The summed E-state index contributed by atoms with van der Waals surface area (Å²) in [5.41, 5.74) is 5.55. The van der Waals surface area contributed by atoms with Gasteiger partial charge in [0.05, 0.1) is 10.3 Å². The average Bonchev–Trinajstić information content (AvgIpc) is 2.02. The zero-order valence-electron chi connectivity index (χ0n) is 7.57. The molecule has 0 amide bonds. The highest BCUT2D eigenvalue weighted by atomic mass is 35.5. The molecule has 1 aromatic rings. The fraction of sp³-hybridized carbons (Fsp3) is 0.111. The van der Waals surface area contributed by atoms with E-state index in [1.165, 1.54) is 31.2 Å². The van der Waals surface area contributed by atoms with E-state index in [2.05, 4.69) is 0 Å². The van der Waals surface area contributed by atoms with Crippen molar-refractivity contribution < 1.29 is 8.42 Å². The van der Waals surface area contributed by atoms with Crippen molar-refractivity contribution in [2.45, 2.75) is 11.8 Å². The Morgan fingerprint density at radius 2 is 1.86 bits per heavy atom. The average molecular weight is 232 g/mol. The van der Waals surface area contributed by atoms with E-state index in [9.17, 15) is 8.42 Å². The van der Waals surface area contributed by atoms with Gasteiger partial charge in [0, 0.05) is 10.7 Å². The molecule has 1 aromatic carbocycles. The van der Waals surface area contributed by atoms with Crippen LogP contribution in [0.3, 0.4) is 0 Å². The Bertz CT molecular complexity index is 444. The molecule has 14 heavy (non-hydrogen) atoms. The highest BCUT2D eigenvalue weighted by Crippen LogP contribution is 2.16. The molecule has 0 aromatic heterocycles. The van der Waals surface area contributed by atoms with Gasteiger partial charge in [-0.2, -0.15) is 0 Å². The molecule has 3 nitrogen and oxygen atoms in total. The molecule has 1 rings (SSSR count). The van der Waals surface area contributed by atoms with E-state index in [0.29, 0.717) is 5.02 Å². The predicted octanol–water partition coefficient (Wildman–Crippen LogP) is 1.93. The Labute approximate surface area is 88.1 Å². The second-order valence-corrected chi connectivity index (χ2v) is 5.09. The maximum atomic E-state index is 11.6. The fourth-order valence-electron chi connectivity index (χ4n) is 0.937. The number of sulfone groups is 1. The molecule has 0 aliphatic rings. The molecule has 0 spiro atoms. The smallest absolute Gasteiger partial charge is 0.201 e. The number of hydrogen-bond acceptors (Lipinski definition) is 3. The van der Waals surface area contributed by atoms with Crippen molar-refractivity contribution in [2.24, 2.45) is 5.73 Å². The van der Waals surface area contributed by atoms with Crippen LogP contribution in [0.25, 0.3) is 0 Å². The number of hydrogen-bond donors (Lipinski definition) is 1. The van der Waals surface area contributed by atoms with Gasteiger partial charge in [-0.15, -0.1) is 0 Å². The molecule has 0 unspecified atom stereocenters. The van der Waals surface area contributed by atoms with Crippen LogP contribution in [0.1, 0.15) is 6.92 Å². The van der Waals surface area contributed by atoms with E-state index in [1.54, 1.807) is 0 Å². The topological polar surface area (TPSA) is 60.2 Å². The number of halogens is 1. The van der Waals surface area contributed by atoms with Crippen LogP contribution in [-0.4, -0.2) is 8.42 Å². The minimum Gasteiger partial charge on any atom is -0.402 e. The van der Waals surface area contributed by atoms with Crippen LogP contribution in [0.15, 0.2) is 40.3 Å². The van der Waals surface area contributed by atoms with Crippen molar-refractivity contribution in [2.75, 3.05) is 0 Å². The SMILES string of the molecule is CC(N)=CS(=O)(=O)c1ccc(Cl)cc1. The van der Waals surface area contributed by atoms with Gasteiger partial charge in [-0.25, -0.2) is 8.42 Å². The van der Waals surface area contributed by atoms with Gasteiger partial charge >= 0.3 is 0 Å². The van der Waals surface area contributed by atoms with Gasteiger partial charge in [-0.3, -0.25) is 0 Å². The lowest BCUT2D eigenvalue weighted by Gasteiger charge is -1.99. The first kappa shape index (κ1) is 11.1. The predicted molar refractivity (Wildman–Crippen MR) is 56.6 cm³/mol. The second kappa shape index (κ2) is 4.02. The first-order valence-corrected chi connectivity index (χ1v) is 5.79. The van der Waals surface area contributed by atoms with Crippen molar-refractivity contribution >= 4 is 21.4 Å². The standard InChI is InChI=1S/C9H10ClNO2S/c1-7(11)6-14(12,13)9-4-2-8(10)3-5-9/h2-6H,11H2,1H3. The third-order valence-electron chi connectivity index (χ3n) is 1.48.